The van der Waals surface area contributed by atoms with Crippen molar-refractivity contribution in [2.45, 2.75) is 19.4 Å². The lowest BCUT2D eigenvalue weighted by Crippen LogP contribution is -2.43. The maximum Gasteiger partial charge on any atom is 0.251 e. The molecule has 2 heterocycles. The van der Waals surface area contributed by atoms with Gasteiger partial charge in [0.2, 0.25) is 5.56 Å². The Morgan fingerprint density at radius 1 is 1.33 bits per heavy atom. The standard InChI is InChI=1S/C16H16N2O3/c1-10-6-12(8-15(19)17-10)16(20)18-13-7-11-4-2-3-5-14(11)21-9-13/h2-6,8,13H,7,9H2,1H3,(H,17,19)(H,18,20). The van der Waals surface area contributed by atoms with Crippen LogP contribution in [0.1, 0.15) is 21.6 Å². The van der Waals surface area contributed by atoms with Crippen LogP contribution in [0.4, 0.5) is 0 Å². The van der Waals surface area contributed by atoms with Crippen molar-refractivity contribution in [3.63, 3.8) is 0 Å². The van der Waals surface area contributed by atoms with Crippen molar-refractivity contribution in [2.75, 3.05) is 6.61 Å². The van der Waals surface area contributed by atoms with Gasteiger partial charge in [-0.15, -0.1) is 0 Å². The fourth-order valence-corrected chi connectivity index (χ4v) is 2.50. The Kier molecular flexibility index (Phi) is 3.48. The molecule has 3 rings (SSSR count). The summed E-state index contributed by atoms with van der Waals surface area (Å²) in [6, 6.07) is 10.7. The van der Waals surface area contributed by atoms with Crippen LogP contribution in [-0.4, -0.2) is 23.5 Å². The van der Waals surface area contributed by atoms with E-state index in [4.69, 9.17) is 4.74 Å². The smallest absolute Gasteiger partial charge is 0.251 e. The Morgan fingerprint density at radius 2 is 2.14 bits per heavy atom. The van der Waals surface area contributed by atoms with Crippen LogP contribution in [0.2, 0.25) is 0 Å². The summed E-state index contributed by atoms with van der Waals surface area (Å²) in [5.41, 5.74) is 1.84. The highest BCUT2D eigenvalue weighted by Gasteiger charge is 2.21. The second kappa shape index (κ2) is 5.44. The zero-order valence-electron chi connectivity index (χ0n) is 11.7. The van der Waals surface area contributed by atoms with Gasteiger partial charge in [-0.2, -0.15) is 0 Å². The number of aryl methyl sites for hydroxylation is 1. The molecule has 1 aliphatic heterocycles. The lowest BCUT2D eigenvalue weighted by atomic mass is 10.0. The predicted molar refractivity (Wildman–Crippen MR) is 78.7 cm³/mol. The zero-order valence-corrected chi connectivity index (χ0v) is 11.7. The van der Waals surface area contributed by atoms with Crippen molar-refractivity contribution in [3.8, 4) is 5.75 Å². The molecule has 0 aliphatic carbocycles. The van der Waals surface area contributed by atoms with E-state index in [0.717, 1.165) is 17.7 Å². The van der Waals surface area contributed by atoms with Gasteiger partial charge < -0.3 is 15.0 Å². The monoisotopic (exact) mass is 284 g/mol. The van der Waals surface area contributed by atoms with Crippen molar-refractivity contribution in [1.29, 1.82) is 0 Å². The molecule has 0 fully saturated rings. The molecule has 5 heteroatoms. The first-order chi connectivity index (χ1) is 10.1. The van der Waals surface area contributed by atoms with Crippen molar-refractivity contribution >= 4 is 5.91 Å². The Balaban J connectivity index is 1.73. The number of fused-ring (bicyclic) bond motifs is 1. The molecule has 1 aromatic carbocycles. The highest BCUT2D eigenvalue weighted by molar-refractivity contribution is 5.94. The van der Waals surface area contributed by atoms with E-state index in [1.54, 1.807) is 13.0 Å². The van der Waals surface area contributed by atoms with E-state index in [1.165, 1.54) is 6.07 Å². The average molecular weight is 284 g/mol. The minimum absolute atomic E-state index is 0.0907. The minimum atomic E-state index is -0.273. The van der Waals surface area contributed by atoms with Crippen LogP contribution in [0.25, 0.3) is 0 Å². The number of carbonyl (C=O) groups is 1. The molecule has 1 unspecified atom stereocenters. The number of amides is 1. The Bertz CT molecular complexity index is 736. The zero-order chi connectivity index (χ0) is 14.8. The largest absolute Gasteiger partial charge is 0.491 e. The van der Waals surface area contributed by atoms with Gasteiger partial charge in [-0.3, -0.25) is 9.59 Å². The molecule has 0 saturated heterocycles. The van der Waals surface area contributed by atoms with Crippen LogP contribution in [-0.2, 0) is 6.42 Å². The summed E-state index contributed by atoms with van der Waals surface area (Å²) < 4.78 is 5.64. The van der Waals surface area contributed by atoms with Gasteiger partial charge >= 0.3 is 0 Å². The number of hydrogen-bond donors (Lipinski definition) is 2. The van der Waals surface area contributed by atoms with Crippen LogP contribution in [0.3, 0.4) is 0 Å². The normalized spacial score (nSPS) is 16.7. The predicted octanol–water partition coefficient (Wildman–Crippen LogP) is 1.42. The number of carbonyl (C=O) groups excluding carboxylic acids is 1. The van der Waals surface area contributed by atoms with Gasteiger partial charge in [-0.05, 0) is 31.0 Å². The molecule has 0 radical (unpaired) electrons. The number of benzene rings is 1. The number of rotatable bonds is 2. The van der Waals surface area contributed by atoms with Gasteiger partial charge in [0, 0.05) is 17.3 Å². The molecule has 0 bridgehead atoms. The fourth-order valence-electron chi connectivity index (χ4n) is 2.50. The molecule has 0 saturated carbocycles. The first-order valence-electron chi connectivity index (χ1n) is 6.84. The molecule has 0 spiro atoms. The Labute approximate surface area is 122 Å². The quantitative estimate of drug-likeness (QED) is 0.876. The number of para-hydroxylation sites is 1. The SMILES string of the molecule is Cc1cc(C(=O)NC2COc3ccccc3C2)cc(=O)[nH]1. The third-order valence-corrected chi connectivity index (χ3v) is 3.46. The summed E-state index contributed by atoms with van der Waals surface area (Å²) in [4.78, 5) is 26.2. The van der Waals surface area contributed by atoms with E-state index >= 15 is 0 Å². The maximum absolute atomic E-state index is 12.2. The van der Waals surface area contributed by atoms with Gasteiger partial charge in [0.1, 0.15) is 12.4 Å². The first kappa shape index (κ1) is 13.4. The lowest BCUT2D eigenvalue weighted by Gasteiger charge is -2.26. The fraction of sp³-hybridized carbons (Fsp3) is 0.250. The molecule has 1 aromatic heterocycles. The summed E-state index contributed by atoms with van der Waals surface area (Å²) in [6.45, 7) is 2.18. The van der Waals surface area contributed by atoms with Crippen molar-refractivity contribution in [3.05, 3.63) is 63.6 Å². The van der Waals surface area contributed by atoms with Gasteiger partial charge in [-0.1, -0.05) is 18.2 Å². The first-order valence-corrected chi connectivity index (χ1v) is 6.84. The van der Waals surface area contributed by atoms with Crippen LogP contribution in [0.5, 0.6) is 5.75 Å². The number of nitrogens with one attached hydrogen (secondary N) is 2. The minimum Gasteiger partial charge on any atom is -0.491 e. The molecule has 108 valence electrons. The van der Waals surface area contributed by atoms with Crippen LogP contribution in [0, 0.1) is 6.92 Å². The van der Waals surface area contributed by atoms with E-state index in [9.17, 15) is 9.59 Å². The van der Waals surface area contributed by atoms with E-state index in [1.807, 2.05) is 24.3 Å². The number of hydrogen-bond acceptors (Lipinski definition) is 3. The summed E-state index contributed by atoms with van der Waals surface area (Å²) in [5.74, 6) is 0.618. The average Bonchev–Trinajstić information content (AvgIpc) is 2.46. The van der Waals surface area contributed by atoms with Crippen LogP contribution >= 0.6 is 0 Å². The molecule has 2 N–H and O–H groups in total. The molecule has 1 amide bonds. The van der Waals surface area contributed by atoms with Gasteiger partial charge in [-0.25, -0.2) is 0 Å². The second-order valence-electron chi connectivity index (χ2n) is 5.21. The summed E-state index contributed by atoms with van der Waals surface area (Å²) in [7, 11) is 0. The summed E-state index contributed by atoms with van der Waals surface area (Å²) in [6.07, 6.45) is 0.726. The van der Waals surface area contributed by atoms with E-state index in [-0.39, 0.29) is 17.5 Å². The molecule has 1 atom stereocenters. The maximum atomic E-state index is 12.2. The molecule has 21 heavy (non-hydrogen) atoms. The number of aromatic amines is 1. The number of H-pyrrole nitrogens is 1. The summed E-state index contributed by atoms with van der Waals surface area (Å²) >= 11 is 0. The molecule has 2 aromatic rings. The molecular formula is C16H16N2O3. The third kappa shape index (κ3) is 2.97. The molecular weight excluding hydrogens is 268 g/mol. The van der Waals surface area contributed by atoms with Crippen molar-refractivity contribution < 1.29 is 9.53 Å². The van der Waals surface area contributed by atoms with E-state index in [0.29, 0.717) is 17.9 Å². The molecule has 5 nitrogen and oxygen atoms in total. The summed E-state index contributed by atoms with van der Waals surface area (Å²) in [5, 5.41) is 2.91. The van der Waals surface area contributed by atoms with Crippen molar-refractivity contribution in [2.24, 2.45) is 0 Å². The third-order valence-electron chi connectivity index (χ3n) is 3.46. The Morgan fingerprint density at radius 3 is 2.95 bits per heavy atom. The highest BCUT2D eigenvalue weighted by Crippen LogP contribution is 2.23. The van der Waals surface area contributed by atoms with Gasteiger partial charge in [0.05, 0.1) is 6.04 Å². The number of ether oxygens (including phenoxy) is 1. The van der Waals surface area contributed by atoms with E-state index in [2.05, 4.69) is 10.3 Å². The van der Waals surface area contributed by atoms with E-state index < -0.39 is 0 Å². The van der Waals surface area contributed by atoms with Gasteiger partial charge in [0.15, 0.2) is 0 Å². The number of pyridine rings is 1. The van der Waals surface area contributed by atoms with Crippen LogP contribution in [0.15, 0.2) is 41.2 Å². The second-order valence-corrected chi connectivity index (χ2v) is 5.21. The van der Waals surface area contributed by atoms with Gasteiger partial charge in [0.25, 0.3) is 5.91 Å². The lowest BCUT2D eigenvalue weighted by molar-refractivity contribution is 0.0915. The van der Waals surface area contributed by atoms with Crippen molar-refractivity contribution in [1.82, 2.24) is 10.3 Å². The van der Waals surface area contributed by atoms with Crippen LogP contribution < -0.4 is 15.6 Å². The molecule has 1 aliphatic rings. The Hall–Kier alpha value is -2.56. The highest BCUT2D eigenvalue weighted by atomic mass is 16.5. The topological polar surface area (TPSA) is 71.2 Å². The number of aromatic nitrogens is 1.